The summed E-state index contributed by atoms with van der Waals surface area (Å²) in [7, 11) is 3.18. The van der Waals surface area contributed by atoms with Gasteiger partial charge < -0.3 is 29.2 Å². The number of carbonyl (C=O) groups is 2. The summed E-state index contributed by atoms with van der Waals surface area (Å²) in [6, 6.07) is 17.2. The van der Waals surface area contributed by atoms with Gasteiger partial charge in [0.2, 0.25) is 11.8 Å². The van der Waals surface area contributed by atoms with E-state index in [1.54, 1.807) is 31.5 Å². The average molecular weight is 575 g/mol. The molecule has 1 fully saturated rings. The van der Waals surface area contributed by atoms with E-state index in [9.17, 15) is 9.59 Å². The van der Waals surface area contributed by atoms with Crippen LogP contribution in [0.25, 0.3) is 0 Å². The number of nitrogens with one attached hydrogen (secondary N) is 1. The lowest BCUT2D eigenvalue weighted by Gasteiger charge is -2.25. The Kier molecular flexibility index (Phi) is 10.0. The first-order valence-corrected chi connectivity index (χ1v) is 14.2. The number of rotatable bonds is 6. The maximum Gasteiger partial charge on any atom is 0.239 e. The second-order valence-corrected chi connectivity index (χ2v) is 10.6. The van der Waals surface area contributed by atoms with Crippen LogP contribution in [0, 0.1) is 0 Å². The van der Waals surface area contributed by atoms with Crippen molar-refractivity contribution < 1.29 is 28.5 Å². The summed E-state index contributed by atoms with van der Waals surface area (Å²) in [5, 5.41) is 3.16. The SMILES string of the molecule is COCCN1CC(=O)N[C@H]2CN(Cc3ccncc3)C[C@@H]2OCc2cccc(c2)Oc2cc(ccc2OC)CCC1=O. The molecule has 4 bridgehead atoms. The standard InChI is InChI=1S/C32H38N4O6/c1-39-15-14-36-21-31(37)34-27-19-35(18-24-10-12-33-13-11-24)20-30(27)41-22-25-4-3-5-26(16-25)42-29-17-23(7-9-32(36)38)6-8-28(29)40-2/h3-6,8,10-13,16-17,27,30H,7,9,14-15,18-22H2,1-2H3,(H,34,37)/t27-,30-/m0/s1. The Balaban J connectivity index is 1.40. The van der Waals surface area contributed by atoms with Crippen molar-refractivity contribution in [2.24, 2.45) is 0 Å². The summed E-state index contributed by atoms with van der Waals surface area (Å²) in [4.78, 5) is 34.5. The normalized spacial score (nSPS) is 20.2. The van der Waals surface area contributed by atoms with Crippen LogP contribution >= 0.6 is 0 Å². The number of likely N-dealkylation sites (tertiary alicyclic amines) is 1. The highest BCUT2D eigenvalue weighted by atomic mass is 16.5. The molecule has 0 aliphatic carbocycles. The van der Waals surface area contributed by atoms with Gasteiger partial charge in [-0.25, -0.2) is 0 Å². The minimum absolute atomic E-state index is 0.0468. The largest absolute Gasteiger partial charge is 0.493 e. The number of hydrogen-bond donors (Lipinski definition) is 1. The Bertz CT molecular complexity index is 1350. The van der Waals surface area contributed by atoms with Gasteiger partial charge in [0.05, 0.1) is 39.0 Å². The lowest BCUT2D eigenvalue weighted by Crippen LogP contribution is -2.49. The molecular formula is C32H38N4O6. The maximum absolute atomic E-state index is 13.3. The van der Waals surface area contributed by atoms with Crippen LogP contribution in [0.5, 0.6) is 17.2 Å². The van der Waals surface area contributed by atoms with Gasteiger partial charge in [-0.15, -0.1) is 0 Å². The molecule has 0 spiro atoms. The van der Waals surface area contributed by atoms with Crippen LogP contribution in [0.1, 0.15) is 23.1 Å². The molecular weight excluding hydrogens is 536 g/mol. The molecule has 2 atom stereocenters. The molecule has 222 valence electrons. The second kappa shape index (κ2) is 14.3. The van der Waals surface area contributed by atoms with Crippen molar-refractivity contribution >= 4 is 11.8 Å². The van der Waals surface area contributed by atoms with Crippen molar-refractivity contribution in [1.29, 1.82) is 0 Å². The quantitative estimate of drug-likeness (QED) is 0.479. The topological polar surface area (TPSA) is 102 Å². The van der Waals surface area contributed by atoms with Crippen molar-refractivity contribution in [3.63, 3.8) is 0 Å². The van der Waals surface area contributed by atoms with E-state index in [1.165, 1.54) is 0 Å². The molecule has 0 unspecified atom stereocenters. The first kappa shape index (κ1) is 29.5. The number of ether oxygens (including phenoxy) is 4. The first-order chi connectivity index (χ1) is 20.5. The van der Waals surface area contributed by atoms with Crippen LogP contribution in [0.3, 0.4) is 0 Å². The third-order valence-electron chi connectivity index (χ3n) is 7.54. The molecule has 3 heterocycles. The minimum Gasteiger partial charge on any atom is -0.493 e. The predicted molar refractivity (Wildman–Crippen MR) is 156 cm³/mol. The van der Waals surface area contributed by atoms with Gasteiger partial charge in [-0.3, -0.25) is 19.5 Å². The van der Waals surface area contributed by atoms with E-state index in [1.807, 2.05) is 54.6 Å². The number of fused-ring (bicyclic) bond motifs is 5. The van der Waals surface area contributed by atoms with Gasteiger partial charge in [0, 0.05) is 52.1 Å². The van der Waals surface area contributed by atoms with Gasteiger partial charge in [0.1, 0.15) is 5.75 Å². The van der Waals surface area contributed by atoms with E-state index in [2.05, 4.69) is 15.2 Å². The van der Waals surface area contributed by atoms with E-state index in [4.69, 9.17) is 18.9 Å². The molecule has 1 saturated heterocycles. The van der Waals surface area contributed by atoms with Crippen molar-refractivity contribution in [2.45, 2.75) is 38.1 Å². The van der Waals surface area contributed by atoms with E-state index in [-0.39, 0.29) is 36.9 Å². The number of pyridine rings is 1. The van der Waals surface area contributed by atoms with Crippen LogP contribution in [0.4, 0.5) is 0 Å². The molecule has 2 aliphatic heterocycles. The fourth-order valence-electron chi connectivity index (χ4n) is 5.35. The third kappa shape index (κ3) is 7.84. The number of benzene rings is 2. The summed E-state index contributed by atoms with van der Waals surface area (Å²) < 4.78 is 23.4. The van der Waals surface area contributed by atoms with Gasteiger partial charge >= 0.3 is 0 Å². The number of hydrogen-bond acceptors (Lipinski definition) is 8. The highest BCUT2D eigenvalue weighted by Gasteiger charge is 2.35. The monoisotopic (exact) mass is 574 g/mol. The number of methoxy groups -OCH3 is 2. The van der Waals surface area contributed by atoms with E-state index < -0.39 is 0 Å². The highest BCUT2D eigenvalue weighted by Crippen LogP contribution is 2.33. The average Bonchev–Trinajstić information content (AvgIpc) is 3.37. The molecule has 10 nitrogen and oxygen atoms in total. The zero-order valence-corrected chi connectivity index (χ0v) is 24.2. The smallest absolute Gasteiger partial charge is 0.239 e. The number of aromatic nitrogens is 1. The van der Waals surface area contributed by atoms with Crippen molar-refractivity contribution in [3.05, 3.63) is 83.7 Å². The fraction of sp³-hybridized carbons (Fsp3) is 0.406. The molecule has 2 amide bonds. The second-order valence-electron chi connectivity index (χ2n) is 10.6. The predicted octanol–water partition coefficient (Wildman–Crippen LogP) is 3.19. The lowest BCUT2D eigenvalue weighted by molar-refractivity contribution is -0.137. The Labute approximate surface area is 246 Å². The lowest BCUT2D eigenvalue weighted by atomic mass is 10.1. The molecule has 0 saturated carbocycles. The van der Waals surface area contributed by atoms with Crippen molar-refractivity contribution in [2.75, 3.05) is 47.0 Å². The zero-order valence-electron chi connectivity index (χ0n) is 24.2. The number of carbonyl (C=O) groups excluding carboxylic acids is 2. The Morgan fingerprint density at radius 2 is 1.86 bits per heavy atom. The van der Waals surface area contributed by atoms with Gasteiger partial charge in [0.25, 0.3) is 0 Å². The zero-order chi connectivity index (χ0) is 29.3. The number of nitrogens with zero attached hydrogens (tertiary/aromatic N) is 3. The summed E-state index contributed by atoms with van der Waals surface area (Å²) in [6.07, 6.45) is 4.06. The summed E-state index contributed by atoms with van der Waals surface area (Å²) in [5.74, 6) is 1.49. The molecule has 42 heavy (non-hydrogen) atoms. The van der Waals surface area contributed by atoms with Crippen LogP contribution in [-0.2, 0) is 38.6 Å². The molecule has 10 heteroatoms. The van der Waals surface area contributed by atoms with E-state index in [0.717, 1.165) is 23.2 Å². The van der Waals surface area contributed by atoms with E-state index in [0.29, 0.717) is 56.5 Å². The molecule has 3 aromatic rings. The highest BCUT2D eigenvalue weighted by molar-refractivity contribution is 5.85. The summed E-state index contributed by atoms with van der Waals surface area (Å²) in [5.41, 5.74) is 3.03. The van der Waals surface area contributed by atoms with E-state index >= 15 is 0 Å². The molecule has 1 N–H and O–H groups in total. The fourth-order valence-corrected chi connectivity index (χ4v) is 5.35. The third-order valence-corrected chi connectivity index (χ3v) is 7.54. The van der Waals surface area contributed by atoms with Crippen molar-refractivity contribution in [1.82, 2.24) is 20.1 Å². The van der Waals surface area contributed by atoms with Gasteiger partial charge in [-0.2, -0.15) is 0 Å². The first-order valence-electron chi connectivity index (χ1n) is 14.2. The van der Waals surface area contributed by atoms with Gasteiger partial charge in [-0.05, 0) is 59.5 Å². The summed E-state index contributed by atoms with van der Waals surface area (Å²) in [6.45, 7) is 2.97. The maximum atomic E-state index is 13.3. The van der Waals surface area contributed by atoms with Gasteiger partial charge in [0.15, 0.2) is 11.5 Å². The Morgan fingerprint density at radius 1 is 1.00 bits per heavy atom. The Hall–Kier alpha value is -3.99. The summed E-state index contributed by atoms with van der Waals surface area (Å²) >= 11 is 0. The molecule has 0 radical (unpaired) electrons. The molecule has 2 aromatic carbocycles. The Morgan fingerprint density at radius 3 is 2.67 bits per heavy atom. The van der Waals surface area contributed by atoms with Crippen LogP contribution in [0.15, 0.2) is 67.0 Å². The number of aryl methyl sites for hydroxylation is 1. The van der Waals surface area contributed by atoms with Crippen molar-refractivity contribution in [3.8, 4) is 17.2 Å². The van der Waals surface area contributed by atoms with Gasteiger partial charge in [-0.1, -0.05) is 18.2 Å². The van der Waals surface area contributed by atoms with Crippen LogP contribution in [-0.4, -0.2) is 85.7 Å². The van der Waals surface area contributed by atoms with Crippen LogP contribution in [0.2, 0.25) is 0 Å². The molecule has 2 aliphatic rings. The number of amides is 2. The minimum atomic E-state index is -0.237. The molecule has 5 rings (SSSR count). The molecule has 1 aromatic heterocycles. The van der Waals surface area contributed by atoms with Crippen LogP contribution < -0.4 is 14.8 Å².